The summed E-state index contributed by atoms with van der Waals surface area (Å²) in [4.78, 5) is 18.3. The number of carbonyl (C=O) groups is 1. The van der Waals surface area contributed by atoms with Crippen LogP contribution in [-0.4, -0.2) is 18.9 Å². The molecule has 1 heterocycles. The molecule has 4 aromatic rings. The van der Waals surface area contributed by atoms with Crippen LogP contribution in [0.5, 0.6) is 0 Å². The Morgan fingerprint density at radius 1 is 1.09 bits per heavy atom. The molecule has 0 saturated heterocycles. The summed E-state index contributed by atoms with van der Waals surface area (Å²) in [6, 6.07) is 19.0. The van der Waals surface area contributed by atoms with Gasteiger partial charge in [0.05, 0.1) is 26.4 Å². The fraction of sp³-hybridized carbons (Fsp3) is 0.167. The summed E-state index contributed by atoms with van der Waals surface area (Å²) >= 11 is 4.91. The molecule has 170 valence electrons. The number of halogens is 1. The van der Waals surface area contributed by atoms with Crippen molar-refractivity contribution in [3.05, 3.63) is 87.1 Å². The van der Waals surface area contributed by atoms with E-state index >= 15 is 0 Å². The number of sulfonamides is 1. The van der Waals surface area contributed by atoms with E-state index in [1.54, 1.807) is 36.4 Å². The van der Waals surface area contributed by atoms with Gasteiger partial charge in [-0.05, 0) is 55.8 Å². The van der Waals surface area contributed by atoms with E-state index < -0.39 is 15.9 Å². The number of hydrogen-bond donors (Lipinski definition) is 1. The highest BCUT2D eigenvalue weighted by Gasteiger charge is 2.19. The molecule has 4 rings (SSSR count). The van der Waals surface area contributed by atoms with Gasteiger partial charge in [0.2, 0.25) is 0 Å². The Kier molecular flexibility index (Phi) is 6.83. The van der Waals surface area contributed by atoms with Crippen molar-refractivity contribution in [1.82, 2.24) is 4.57 Å². The quantitative estimate of drug-likeness (QED) is 0.337. The minimum atomic E-state index is -3.85. The molecule has 0 aliphatic carbocycles. The van der Waals surface area contributed by atoms with Crippen LogP contribution in [-0.2, 0) is 16.6 Å². The lowest BCUT2D eigenvalue weighted by Crippen LogP contribution is -2.18. The number of hydrogen-bond acceptors (Lipinski definition) is 4. The molecule has 1 N–H and O–H groups in total. The molecule has 3 aromatic carbocycles. The van der Waals surface area contributed by atoms with Crippen LogP contribution in [0.25, 0.3) is 10.2 Å². The van der Waals surface area contributed by atoms with Crippen LogP contribution in [0.15, 0.2) is 81.1 Å². The van der Waals surface area contributed by atoms with Crippen molar-refractivity contribution < 1.29 is 13.2 Å². The van der Waals surface area contributed by atoms with Gasteiger partial charge in [0.25, 0.3) is 15.9 Å². The molecule has 0 saturated carbocycles. The second kappa shape index (κ2) is 9.62. The van der Waals surface area contributed by atoms with Crippen LogP contribution in [0.2, 0.25) is 0 Å². The molecule has 0 unspecified atom stereocenters. The predicted octanol–water partition coefficient (Wildman–Crippen LogP) is 5.73. The minimum Gasteiger partial charge on any atom is -0.316 e. The monoisotopic (exact) mass is 543 g/mol. The Bertz CT molecular complexity index is 1500. The van der Waals surface area contributed by atoms with Gasteiger partial charge in [0, 0.05) is 11.0 Å². The lowest BCUT2D eigenvalue weighted by molar-refractivity contribution is 0.0998. The van der Waals surface area contributed by atoms with Crippen molar-refractivity contribution in [2.24, 2.45) is 4.99 Å². The van der Waals surface area contributed by atoms with Gasteiger partial charge >= 0.3 is 0 Å². The van der Waals surface area contributed by atoms with Crippen molar-refractivity contribution in [2.45, 2.75) is 31.7 Å². The van der Waals surface area contributed by atoms with E-state index in [9.17, 15) is 13.2 Å². The van der Waals surface area contributed by atoms with E-state index in [1.165, 1.54) is 23.5 Å². The van der Waals surface area contributed by atoms with Crippen LogP contribution < -0.4 is 9.52 Å². The first-order valence-corrected chi connectivity index (χ1v) is 13.4. The van der Waals surface area contributed by atoms with E-state index in [4.69, 9.17) is 0 Å². The summed E-state index contributed by atoms with van der Waals surface area (Å²) in [5.74, 6) is -0.507. The largest absolute Gasteiger partial charge is 0.316 e. The number of benzene rings is 3. The SMILES string of the molecule is CCCn1c(=NC(=O)c2ccccc2NS(=O)(=O)c2ccc(C)cc2)sc2cc(Br)ccc21. The normalized spacial score (nSPS) is 12.3. The first kappa shape index (κ1) is 23.4. The van der Waals surface area contributed by atoms with Crippen LogP contribution in [0.3, 0.4) is 0 Å². The number of thiazole rings is 1. The number of carbonyl (C=O) groups excluding carboxylic acids is 1. The summed E-state index contributed by atoms with van der Waals surface area (Å²) in [5.41, 5.74) is 2.34. The van der Waals surface area contributed by atoms with E-state index in [0.717, 1.165) is 33.2 Å². The Morgan fingerprint density at radius 2 is 1.82 bits per heavy atom. The molecule has 0 aliphatic heterocycles. The number of amides is 1. The Hall–Kier alpha value is -2.75. The van der Waals surface area contributed by atoms with Crippen LogP contribution in [0, 0.1) is 6.92 Å². The van der Waals surface area contributed by atoms with E-state index in [2.05, 4.69) is 32.6 Å². The maximum Gasteiger partial charge on any atom is 0.281 e. The third kappa shape index (κ3) is 5.10. The van der Waals surface area contributed by atoms with Gasteiger partial charge in [-0.25, -0.2) is 8.42 Å². The average Bonchev–Trinajstić information content (AvgIpc) is 3.10. The molecule has 0 atom stereocenters. The number of aryl methyl sites for hydroxylation is 2. The van der Waals surface area contributed by atoms with Gasteiger partial charge in [-0.3, -0.25) is 9.52 Å². The summed E-state index contributed by atoms with van der Waals surface area (Å²) in [7, 11) is -3.85. The summed E-state index contributed by atoms with van der Waals surface area (Å²) in [6.07, 6.45) is 0.885. The minimum absolute atomic E-state index is 0.128. The first-order valence-electron chi connectivity index (χ1n) is 10.3. The summed E-state index contributed by atoms with van der Waals surface area (Å²) in [6.45, 7) is 4.67. The topological polar surface area (TPSA) is 80.5 Å². The predicted molar refractivity (Wildman–Crippen MR) is 136 cm³/mol. The first-order chi connectivity index (χ1) is 15.8. The van der Waals surface area contributed by atoms with E-state index in [-0.39, 0.29) is 16.1 Å². The Balaban J connectivity index is 1.74. The second-order valence-electron chi connectivity index (χ2n) is 7.53. The molecule has 1 aromatic heterocycles. The number of fused-ring (bicyclic) bond motifs is 1. The summed E-state index contributed by atoms with van der Waals surface area (Å²) < 4.78 is 32.3. The van der Waals surface area contributed by atoms with E-state index in [0.29, 0.717) is 4.80 Å². The molecule has 6 nitrogen and oxygen atoms in total. The number of para-hydroxylation sites is 1. The van der Waals surface area contributed by atoms with Crippen LogP contribution >= 0.6 is 27.3 Å². The molecule has 9 heteroatoms. The van der Waals surface area contributed by atoms with Crippen LogP contribution in [0.1, 0.15) is 29.3 Å². The van der Waals surface area contributed by atoms with Gasteiger partial charge in [-0.15, -0.1) is 0 Å². The Morgan fingerprint density at radius 3 is 2.55 bits per heavy atom. The van der Waals surface area contributed by atoms with Gasteiger partial charge in [-0.2, -0.15) is 4.99 Å². The number of nitrogens with one attached hydrogen (secondary N) is 1. The van der Waals surface area contributed by atoms with E-state index in [1.807, 2.05) is 29.7 Å². The molecule has 0 spiro atoms. The highest BCUT2D eigenvalue weighted by atomic mass is 79.9. The summed E-state index contributed by atoms with van der Waals surface area (Å²) in [5, 5.41) is 0. The maximum absolute atomic E-state index is 13.2. The number of nitrogens with zero attached hydrogens (tertiary/aromatic N) is 2. The van der Waals surface area contributed by atoms with Crippen molar-refractivity contribution in [2.75, 3.05) is 4.72 Å². The smallest absolute Gasteiger partial charge is 0.281 e. The Labute approximate surface area is 204 Å². The zero-order valence-corrected chi connectivity index (χ0v) is 21.3. The molecule has 0 radical (unpaired) electrons. The maximum atomic E-state index is 13.2. The highest BCUT2D eigenvalue weighted by molar-refractivity contribution is 9.10. The molecule has 0 bridgehead atoms. The van der Waals surface area contributed by atoms with Gasteiger partial charge in [-0.1, -0.05) is 64.0 Å². The zero-order valence-electron chi connectivity index (χ0n) is 18.1. The second-order valence-corrected chi connectivity index (χ2v) is 11.1. The number of aromatic nitrogens is 1. The average molecular weight is 544 g/mol. The third-order valence-corrected chi connectivity index (χ3v) is 7.94. The van der Waals surface area contributed by atoms with Crippen molar-refractivity contribution in [3.63, 3.8) is 0 Å². The molecule has 0 aliphatic rings. The fourth-order valence-corrected chi connectivity index (χ4v) is 6.09. The number of rotatable bonds is 6. The molecule has 1 amide bonds. The lowest BCUT2D eigenvalue weighted by Gasteiger charge is -2.11. The fourth-order valence-electron chi connectivity index (χ4n) is 3.40. The van der Waals surface area contributed by atoms with Crippen molar-refractivity contribution in [3.8, 4) is 0 Å². The standard InChI is InChI=1S/C24H22BrN3O3S2/c1-3-14-28-21-13-10-17(25)15-22(21)32-24(28)26-23(29)19-6-4-5-7-20(19)27-33(30,31)18-11-8-16(2)9-12-18/h4-13,15,27H,3,14H2,1-2H3. The van der Waals surface area contributed by atoms with Crippen molar-refractivity contribution in [1.29, 1.82) is 0 Å². The third-order valence-electron chi connectivity index (χ3n) is 5.02. The molecule has 0 fully saturated rings. The molecular weight excluding hydrogens is 522 g/mol. The zero-order chi connectivity index (χ0) is 23.6. The van der Waals surface area contributed by atoms with Gasteiger partial charge in [0.1, 0.15) is 0 Å². The molecule has 33 heavy (non-hydrogen) atoms. The van der Waals surface area contributed by atoms with Gasteiger partial charge in [0.15, 0.2) is 4.80 Å². The lowest BCUT2D eigenvalue weighted by atomic mass is 10.2. The molecular formula is C24H22BrN3O3S2. The highest BCUT2D eigenvalue weighted by Crippen LogP contribution is 2.24. The van der Waals surface area contributed by atoms with Crippen molar-refractivity contribution >= 4 is 59.1 Å². The van der Waals surface area contributed by atoms with Gasteiger partial charge < -0.3 is 4.57 Å². The number of anilines is 1. The van der Waals surface area contributed by atoms with Crippen LogP contribution in [0.4, 0.5) is 5.69 Å².